The molecule has 28 heavy (non-hydrogen) atoms. The maximum absolute atomic E-state index is 12.3. The number of nitrogens with zero attached hydrogens (tertiary/aromatic N) is 1. The Labute approximate surface area is 166 Å². The van der Waals surface area contributed by atoms with Crippen molar-refractivity contribution in [3.05, 3.63) is 59.7 Å². The van der Waals surface area contributed by atoms with Gasteiger partial charge in [-0.1, -0.05) is 43.3 Å². The Balaban J connectivity index is 1.84. The summed E-state index contributed by atoms with van der Waals surface area (Å²) in [5.41, 5.74) is 2.77. The second kappa shape index (κ2) is 11.1. The molecule has 150 valence electrons. The van der Waals surface area contributed by atoms with E-state index in [0.717, 1.165) is 24.1 Å². The van der Waals surface area contributed by atoms with Gasteiger partial charge in [0.05, 0.1) is 25.9 Å². The number of aryl methyl sites for hydroxylation is 1. The molecule has 6 heteroatoms. The van der Waals surface area contributed by atoms with Crippen LogP contribution in [0.2, 0.25) is 0 Å². The van der Waals surface area contributed by atoms with E-state index in [0.29, 0.717) is 18.0 Å². The van der Waals surface area contributed by atoms with Crippen LogP contribution in [0.3, 0.4) is 0 Å². The molecule has 0 heterocycles. The zero-order valence-corrected chi connectivity index (χ0v) is 16.8. The summed E-state index contributed by atoms with van der Waals surface area (Å²) in [6, 6.07) is 15.6. The van der Waals surface area contributed by atoms with Gasteiger partial charge in [0.15, 0.2) is 0 Å². The lowest BCUT2D eigenvalue weighted by Crippen LogP contribution is -2.40. The Morgan fingerprint density at radius 1 is 1.07 bits per heavy atom. The lowest BCUT2D eigenvalue weighted by Gasteiger charge is -2.21. The van der Waals surface area contributed by atoms with Crippen LogP contribution in [0.25, 0.3) is 0 Å². The number of methoxy groups -OCH3 is 1. The van der Waals surface area contributed by atoms with Crippen LogP contribution >= 0.6 is 0 Å². The quantitative estimate of drug-likeness (QED) is 0.662. The number of rotatable bonds is 10. The number of ether oxygens (including phenoxy) is 1. The highest BCUT2D eigenvalue weighted by Gasteiger charge is 2.13. The van der Waals surface area contributed by atoms with Gasteiger partial charge in [0.25, 0.3) is 0 Å². The van der Waals surface area contributed by atoms with Gasteiger partial charge < -0.3 is 15.4 Å². The number of hydrogen-bond donors (Lipinski definition) is 2. The summed E-state index contributed by atoms with van der Waals surface area (Å²) in [6.45, 7) is 5.71. The number of carbonyl (C=O) groups is 2. The third kappa shape index (κ3) is 7.04. The highest BCUT2D eigenvalue weighted by atomic mass is 16.5. The minimum atomic E-state index is -0.289. The van der Waals surface area contributed by atoms with Crippen molar-refractivity contribution in [3.63, 3.8) is 0 Å². The van der Waals surface area contributed by atoms with Crippen molar-refractivity contribution < 1.29 is 14.3 Å². The predicted molar refractivity (Wildman–Crippen MR) is 111 cm³/mol. The molecule has 0 unspecified atom stereocenters. The minimum Gasteiger partial charge on any atom is -0.495 e. The molecule has 0 fully saturated rings. The molecule has 0 saturated heterocycles. The van der Waals surface area contributed by atoms with Crippen LogP contribution < -0.4 is 15.4 Å². The largest absolute Gasteiger partial charge is 0.495 e. The van der Waals surface area contributed by atoms with Crippen molar-refractivity contribution in [2.24, 2.45) is 0 Å². The SMILES string of the molecule is CCCN(CC(=O)NCC(=O)Nc1cc(C)ccc1OC)Cc1ccccc1. The molecule has 0 atom stereocenters. The van der Waals surface area contributed by atoms with Crippen LogP contribution in [0.5, 0.6) is 5.75 Å². The Bertz CT molecular complexity index is 778. The average Bonchev–Trinajstić information content (AvgIpc) is 2.67. The first-order valence-corrected chi connectivity index (χ1v) is 9.49. The van der Waals surface area contributed by atoms with Crippen molar-refractivity contribution >= 4 is 17.5 Å². The zero-order valence-electron chi connectivity index (χ0n) is 16.8. The van der Waals surface area contributed by atoms with Crippen LogP contribution in [-0.2, 0) is 16.1 Å². The lowest BCUT2D eigenvalue weighted by molar-refractivity contribution is -0.125. The summed E-state index contributed by atoms with van der Waals surface area (Å²) in [5.74, 6) is 0.125. The van der Waals surface area contributed by atoms with Gasteiger partial charge in [0.1, 0.15) is 5.75 Å². The number of hydrogen-bond acceptors (Lipinski definition) is 4. The molecule has 0 aliphatic rings. The normalized spacial score (nSPS) is 10.6. The number of nitrogens with one attached hydrogen (secondary N) is 2. The van der Waals surface area contributed by atoms with Gasteiger partial charge in [-0.2, -0.15) is 0 Å². The van der Waals surface area contributed by atoms with Crippen LogP contribution in [0.4, 0.5) is 5.69 Å². The fourth-order valence-corrected chi connectivity index (χ4v) is 2.92. The van der Waals surface area contributed by atoms with Gasteiger partial charge >= 0.3 is 0 Å². The van der Waals surface area contributed by atoms with Crippen LogP contribution in [0.1, 0.15) is 24.5 Å². The first-order chi connectivity index (χ1) is 13.5. The molecule has 0 radical (unpaired) electrons. The van der Waals surface area contributed by atoms with E-state index in [2.05, 4.69) is 22.5 Å². The van der Waals surface area contributed by atoms with Crippen molar-refractivity contribution in [1.82, 2.24) is 10.2 Å². The van der Waals surface area contributed by atoms with E-state index in [4.69, 9.17) is 4.74 Å². The van der Waals surface area contributed by atoms with Gasteiger partial charge in [0.2, 0.25) is 11.8 Å². The number of benzene rings is 2. The van der Waals surface area contributed by atoms with Gasteiger partial charge in [-0.3, -0.25) is 14.5 Å². The van der Waals surface area contributed by atoms with Gasteiger partial charge in [0, 0.05) is 6.54 Å². The molecule has 0 aliphatic carbocycles. The van der Waals surface area contributed by atoms with Crippen molar-refractivity contribution in [1.29, 1.82) is 0 Å². The molecule has 2 aromatic rings. The number of anilines is 1. The van der Waals surface area contributed by atoms with E-state index >= 15 is 0 Å². The molecular weight excluding hydrogens is 354 g/mol. The first kappa shape index (κ1) is 21.4. The first-order valence-electron chi connectivity index (χ1n) is 9.49. The Morgan fingerprint density at radius 3 is 2.50 bits per heavy atom. The Kier molecular flexibility index (Phi) is 8.49. The van der Waals surface area contributed by atoms with Gasteiger partial charge in [-0.25, -0.2) is 0 Å². The Morgan fingerprint density at radius 2 is 1.82 bits per heavy atom. The van der Waals surface area contributed by atoms with Crippen LogP contribution in [0, 0.1) is 6.92 Å². The Hall–Kier alpha value is -2.86. The van der Waals surface area contributed by atoms with Gasteiger partial charge in [-0.05, 0) is 43.1 Å². The maximum Gasteiger partial charge on any atom is 0.243 e. The highest BCUT2D eigenvalue weighted by molar-refractivity contribution is 5.96. The van der Waals surface area contributed by atoms with E-state index in [-0.39, 0.29) is 24.9 Å². The molecule has 0 spiro atoms. The van der Waals surface area contributed by atoms with Crippen molar-refractivity contribution in [2.75, 3.05) is 32.1 Å². The molecule has 0 saturated carbocycles. The van der Waals surface area contributed by atoms with Gasteiger partial charge in [-0.15, -0.1) is 0 Å². The number of carbonyl (C=O) groups excluding carboxylic acids is 2. The molecule has 0 aromatic heterocycles. The molecule has 2 N–H and O–H groups in total. The molecule has 6 nitrogen and oxygen atoms in total. The van der Waals surface area contributed by atoms with Crippen molar-refractivity contribution in [3.8, 4) is 5.75 Å². The highest BCUT2D eigenvalue weighted by Crippen LogP contribution is 2.24. The second-order valence-electron chi connectivity index (χ2n) is 6.72. The standard InChI is InChI=1S/C22H29N3O3/c1-4-12-25(15-18-8-6-5-7-9-18)16-22(27)23-14-21(26)24-19-13-17(2)10-11-20(19)28-3/h5-11,13H,4,12,14-16H2,1-3H3,(H,23,27)(H,24,26). The smallest absolute Gasteiger partial charge is 0.243 e. The van der Waals surface area contributed by atoms with E-state index < -0.39 is 0 Å². The van der Waals surface area contributed by atoms with Crippen LogP contribution in [-0.4, -0.2) is 43.5 Å². The minimum absolute atomic E-state index is 0.0821. The summed E-state index contributed by atoms with van der Waals surface area (Å²) >= 11 is 0. The number of amides is 2. The molecule has 2 aromatic carbocycles. The molecule has 0 bridgehead atoms. The summed E-state index contributed by atoms with van der Waals surface area (Å²) in [5, 5.41) is 5.48. The maximum atomic E-state index is 12.3. The van der Waals surface area contributed by atoms with Crippen LogP contribution in [0.15, 0.2) is 48.5 Å². The van der Waals surface area contributed by atoms with E-state index in [1.165, 1.54) is 0 Å². The predicted octanol–water partition coefficient (Wildman–Crippen LogP) is 2.97. The molecule has 0 aliphatic heterocycles. The third-order valence-corrected chi connectivity index (χ3v) is 4.23. The summed E-state index contributed by atoms with van der Waals surface area (Å²) in [4.78, 5) is 26.6. The van der Waals surface area contributed by atoms with E-state index in [1.54, 1.807) is 13.2 Å². The zero-order chi connectivity index (χ0) is 20.4. The third-order valence-electron chi connectivity index (χ3n) is 4.23. The molecule has 2 rings (SSSR count). The fraction of sp³-hybridized carbons (Fsp3) is 0.364. The van der Waals surface area contributed by atoms with E-state index in [1.807, 2.05) is 49.4 Å². The topological polar surface area (TPSA) is 70.7 Å². The summed E-state index contributed by atoms with van der Waals surface area (Å²) in [7, 11) is 1.55. The summed E-state index contributed by atoms with van der Waals surface area (Å²) in [6.07, 6.45) is 0.952. The fourth-order valence-electron chi connectivity index (χ4n) is 2.92. The second-order valence-corrected chi connectivity index (χ2v) is 6.72. The monoisotopic (exact) mass is 383 g/mol. The van der Waals surface area contributed by atoms with E-state index in [9.17, 15) is 9.59 Å². The summed E-state index contributed by atoms with van der Waals surface area (Å²) < 4.78 is 5.25. The molecule has 2 amide bonds. The average molecular weight is 383 g/mol. The lowest BCUT2D eigenvalue weighted by atomic mass is 10.2. The molecular formula is C22H29N3O3. The van der Waals surface area contributed by atoms with Crippen molar-refractivity contribution in [2.45, 2.75) is 26.8 Å².